The van der Waals surface area contributed by atoms with Crippen LogP contribution in [0.1, 0.15) is 54.2 Å². The average molecular weight is 425 g/mol. The standard InChI is InChI=1S/C23H32N6O2/c1-24-17-9-5-6-10-18(17)29(3)20-14-26-21(23(30)25-2)22(28-20)27-16-12-13-31-19-11-7-4-8-15(16)19/h4,7-8,11,14,16-18,24H,5-6,9-10,12-13H2,1-3H3,(H,25,30)(H,27,28). The minimum atomic E-state index is -0.254. The third-order valence-electron chi connectivity index (χ3n) is 6.43. The number of anilines is 2. The summed E-state index contributed by atoms with van der Waals surface area (Å²) in [6.07, 6.45) is 7.20. The first-order valence-electron chi connectivity index (χ1n) is 11.1. The number of likely N-dealkylation sites (N-methyl/N-ethyl adjacent to an activating group) is 2. The maximum absolute atomic E-state index is 12.5. The van der Waals surface area contributed by atoms with E-state index in [4.69, 9.17) is 9.72 Å². The van der Waals surface area contributed by atoms with Crippen LogP contribution in [0.2, 0.25) is 0 Å². The van der Waals surface area contributed by atoms with Crippen molar-refractivity contribution in [2.45, 2.75) is 50.2 Å². The summed E-state index contributed by atoms with van der Waals surface area (Å²) < 4.78 is 5.79. The van der Waals surface area contributed by atoms with Crippen LogP contribution < -0.4 is 25.6 Å². The second-order valence-corrected chi connectivity index (χ2v) is 8.23. The highest BCUT2D eigenvalue weighted by molar-refractivity contribution is 5.96. The first-order chi connectivity index (χ1) is 15.1. The van der Waals surface area contributed by atoms with Gasteiger partial charge >= 0.3 is 0 Å². The van der Waals surface area contributed by atoms with Gasteiger partial charge in [-0.3, -0.25) is 4.79 Å². The van der Waals surface area contributed by atoms with Crippen molar-refractivity contribution in [3.05, 3.63) is 41.7 Å². The number of nitrogens with zero attached hydrogens (tertiary/aromatic N) is 3. The van der Waals surface area contributed by atoms with Crippen LogP contribution in [0.5, 0.6) is 5.75 Å². The summed E-state index contributed by atoms with van der Waals surface area (Å²) >= 11 is 0. The monoisotopic (exact) mass is 424 g/mol. The highest BCUT2D eigenvalue weighted by Crippen LogP contribution is 2.35. The van der Waals surface area contributed by atoms with Gasteiger partial charge in [-0.25, -0.2) is 9.97 Å². The molecule has 31 heavy (non-hydrogen) atoms. The Morgan fingerprint density at radius 3 is 2.77 bits per heavy atom. The number of ether oxygens (including phenoxy) is 1. The molecule has 1 amide bonds. The molecule has 2 aromatic rings. The van der Waals surface area contributed by atoms with Gasteiger partial charge in [-0.05, 0) is 26.0 Å². The zero-order chi connectivity index (χ0) is 21.8. The van der Waals surface area contributed by atoms with E-state index < -0.39 is 0 Å². The predicted octanol–water partition coefficient (Wildman–Crippen LogP) is 2.74. The Balaban J connectivity index is 1.65. The van der Waals surface area contributed by atoms with Crippen LogP contribution in [0.25, 0.3) is 0 Å². The fourth-order valence-corrected chi connectivity index (χ4v) is 4.67. The third kappa shape index (κ3) is 4.44. The number of hydrogen-bond donors (Lipinski definition) is 3. The number of nitrogens with one attached hydrogen (secondary N) is 3. The van der Waals surface area contributed by atoms with Crippen molar-refractivity contribution in [1.82, 2.24) is 20.6 Å². The van der Waals surface area contributed by atoms with E-state index in [1.807, 2.05) is 25.2 Å². The maximum atomic E-state index is 12.5. The number of carbonyl (C=O) groups excluding carboxylic acids is 1. The molecule has 2 aliphatic rings. The highest BCUT2D eigenvalue weighted by Gasteiger charge is 2.29. The van der Waals surface area contributed by atoms with Crippen LogP contribution in [0.3, 0.4) is 0 Å². The van der Waals surface area contributed by atoms with E-state index in [1.54, 1.807) is 13.2 Å². The number of carbonyl (C=O) groups is 1. The molecule has 3 unspecified atom stereocenters. The second kappa shape index (κ2) is 9.51. The van der Waals surface area contributed by atoms with E-state index in [0.717, 1.165) is 36.4 Å². The van der Waals surface area contributed by atoms with Crippen molar-refractivity contribution in [1.29, 1.82) is 0 Å². The molecule has 3 N–H and O–H groups in total. The lowest BCUT2D eigenvalue weighted by molar-refractivity contribution is 0.0958. The molecule has 166 valence electrons. The molecule has 0 spiro atoms. The van der Waals surface area contributed by atoms with Gasteiger partial charge in [-0.2, -0.15) is 0 Å². The Morgan fingerprint density at radius 2 is 1.97 bits per heavy atom. The Kier molecular flexibility index (Phi) is 6.56. The van der Waals surface area contributed by atoms with Crippen molar-refractivity contribution in [3.8, 4) is 5.75 Å². The van der Waals surface area contributed by atoms with Crippen molar-refractivity contribution >= 4 is 17.5 Å². The van der Waals surface area contributed by atoms with Crippen LogP contribution in [-0.4, -0.2) is 55.7 Å². The SMILES string of the molecule is CNC(=O)c1ncc(N(C)C2CCCCC2NC)nc1NC1CCOc2ccccc21. The number of aromatic nitrogens is 2. The maximum Gasteiger partial charge on any atom is 0.273 e. The van der Waals surface area contributed by atoms with Gasteiger partial charge in [0.25, 0.3) is 5.91 Å². The second-order valence-electron chi connectivity index (χ2n) is 8.23. The van der Waals surface area contributed by atoms with Crippen molar-refractivity contribution in [2.75, 3.05) is 38.0 Å². The Bertz CT molecular complexity index is 921. The van der Waals surface area contributed by atoms with Gasteiger partial charge in [-0.15, -0.1) is 0 Å². The number of para-hydroxylation sites is 1. The molecular formula is C23H32N6O2. The van der Waals surface area contributed by atoms with Gasteiger partial charge in [0.15, 0.2) is 11.5 Å². The molecule has 8 heteroatoms. The molecule has 8 nitrogen and oxygen atoms in total. The molecule has 1 aliphatic heterocycles. The molecule has 4 rings (SSSR count). The first kappa shape index (κ1) is 21.4. The summed E-state index contributed by atoms with van der Waals surface area (Å²) in [4.78, 5) is 24.1. The van der Waals surface area contributed by atoms with E-state index in [0.29, 0.717) is 30.2 Å². The molecule has 1 fully saturated rings. The molecule has 0 bridgehead atoms. The number of rotatable bonds is 6. The van der Waals surface area contributed by atoms with Gasteiger partial charge in [-0.1, -0.05) is 31.0 Å². The quantitative estimate of drug-likeness (QED) is 0.657. The Morgan fingerprint density at radius 1 is 1.16 bits per heavy atom. The average Bonchev–Trinajstić information content (AvgIpc) is 2.83. The molecule has 0 saturated heterocycles. The molecule has 1 saturated carbocycles. The number of fused-ring (bicyclic) bond motifs is 1. The number of amides is 1. The van der Waals surface area contributed by atoms with Gasteiger partial charge in [0.05, 0.1) is 18.8 Å². The Hall–Kier alpha value is -2.87. The molecule has 1 aliphatic carbocycles. The molecular weight excluding hydrogens is 392 g/mol. The first-order valence-corrected chi connectivity index (χ1v) is 11.1. The van der Waals surface area contributed by atoms with Crippen LogP contribution in [0.4, 0.5) is 11.6 Å². The zero-order valence-corrected chi connectivity index (χ0v) is 18.5. The highest BCUT2D eigenvalue weighted by atomic mass is 16.5. The summed E-state index contributed by atoms with van der Waals surface area (Å²) in [6.45, 7) is 0.614. The molecule has 0 radical (unpaired) electrons. The van der Waals surface area contributed by atoms with Crippen molar-refractivity contribution in [2.24, 2.45) is 0 Å². The molecule has 3 atom stereocenters. The fraction of sp³-hybridized carbons (Fsp3) is 0.522. The summed E-state index contributed by atoms with van der Waals surface area (Å²) in [5.74, 6) is 1.88. The lowest BCUT2D eigenvalue weighted by atomic mass is 9.89. The molecule has 1 aromatic heterocycles. The number of hydrogen-bond acceptors (Lipinski definition) is 7. The fourth-order valence-electron chi connectivity index (χ4n) is 4.67. The van der Waals surface area contributed by atoms with Gasteiger partial charge in [0.2, 0.25) is 0 Å². The topological polar surface area (TPSA) is 91.4 Å². The van der Waals surface area contributed by atoms with E-state index in [1.165, 1.54) is 12.8 Å². The van der Waals surface area contributed by atoms with E-state index in [2.05, 4.69) is 38.9 Å². The van der Waals surface area contributed by atoms with Crippen LogP contribution in [0, 0.1) is 0 Å². The normalized spacial score (nSPS) is 22.7. The van der Waals surface area contributed by atoms with Crippen molar-refractivity contribution in [3.63, 3.8) is 0 Å². The lowest BCUT2D eigenvalue weighted by Crippen LogP contribution is -2.49. The van der Waals surface area contributed by atoms with E-state index >= 15 is 0 Å². The van der Waals surface area contributed by atoms with Gasteiger partial charge in [0, 0.05) is 38.2 Å². The summed E-state index contributed by atoms with van der Waals surface area (Å²) in [7, 11) is 5.70. The molecule has 2 heterocycles. The summed E-state index contributed by atoms with van der Waals surface area (Å²) in [5.41, 5.74) is 1.37. The molecule has 1 aromatic carbocycles. The van der Waals surface area contributed by atoms with Gasteiger partial charge in [0.1, 0.15) is 11.6 Å². The van der Waals surface area contributed by atoms with E-state index in [-0.39, 0.29) is 11.9 Å². The minimum absolute atomic E-state index is 0.00273. The van der Waals surface area contributed by atoms with Crippen LogP contribution in [-0.2, 0) is 0 Å². The van der Waals surface area contributed by atoms with Crippen LogP contribution >= 0.6 is 0 Å². The van der Waals surface area contributed by atoms with Crippen LogP contribution in [0.15, 0.2) is 30.5 Å². The zero-order valence-electron chi connectivity index (χ0n) is 18.5. The van der Waals surface area contributed by atoms with E-state index in [9.17, 15) is 4.79 Å². The van der Waals surface area contributed by atoms with Crippen molar-refractivity contribution < 1.29 is 9.53 Å². The Labute approximate surface area is 183 Å². The largest absolute Gasteiger partial charge is 0.493 e. The summed E-state index contributed by atoms with van der Waals surface area (Å²) in [6, 6.07) is 8.75. The minimum Gasteiger partial charge on any atom is -0.493 e. The smallest absolute Gasteiger partial charge is 0.273 e. The lowest BCUT2D eigenvalue weighted by Gasteiger charge is -2.38. The predicted molar refractivity (Wildman–Crippen MR) is 122 cm³/mol. The number of benzene rings is 1. The summed E-state index contributed by atoms with van der Waals surface area (Å²) in [5, 5.41) is 9.62. The van der Waals surface area contributed by atoms with Gasteiger partial charge < -0.3 is 25.6 Å². The third-order valence-corrected chi connectivity index (χ3v) is 6.43.